The van der Waals surface area contributed by atoms with Gasteiger partial charge in [0.2, 0.25) is 5.91 Å². The first-order valence-electron chi connectivity index (χ1n) is 3.91. The van der Waals surface area contributed by atoms with E-state index in [2.05, 4.69) is 31.6 Å². The molecule has 0 aromatic carbocycles. The van der Waals surface area contributed by atoms with Crippen LogP contribution in [0.5, 0.6) is 0 Å². The van der Waals surface area contributed by atoms with Crippen molar-refractivity contribution in [2.24, 2.45) is 5.41 Å². The Bertz CT molecular complexity index is 127. The van der Waals surface area contributed by atoms with Crippen LogP contribution < -0.4 is 10.9 Å². The molecule has 3 nitrogen and oxygen atoms in total. The highest BCUT2D eigenvalue weighted by atomic mass is 16.2. The van der Waals surface area contributed by atoms with E-state index in [-0.39, 0.29) is 11.3 Å². The van der Waals surface area contributed by atoms with Gasteiger partial charge in [0.1, 0.15) is 0 Å². The standard InChI is InChI=1S/C8H18N2O/c1-8(2,3)6-5-7(11)10-9-4/h9H,5-6H2,1-4H3,(H,10,11). The number of carbonyl (C=O) groups is 1. The molecule has 0 rings (SSSR count). The van der Waals surface area contributed by atoms with Gasteiger partial charge in [-0.1, -0.05) is 20.8 Å². The van der Waals surface area contributed by atoms with Crippen molar-refractivity contribution in [3.8, 4) is 0 Å². The van der Waals surface area contributed by atoms with Crippen LogP contribution in [-0.2, 0) is 4.79 Å². The van der Waals surface area contributed by atoms with Gasteiger partial charge in [0.15, 0.2) is 0 Å². The normalized spacial score (nSPS) is 11.3. The maximum absolute atomic E-state index is 10.9. The minimum atomic E-state index is 0.0578. The summed E-state index contributed by atoms with van der Waals surface area (Å²) in [4.78, 5) is 10.9. The summed E-state index contributed by atoms with van der Waals surface area (Å²) in [7, 11) is 1.69. The molecule has 66 valence electrons. The summed E-state index contributed by atoms with van der Waals surface area (Å²) >= 11 is 0. The summed E-state index contributed by atoms with van der Waals surface area (Å²) in [5.41, 5.74) is 5.37. The highest BCUT2D eigenvalue weighted by molar-refractivity contribution is 5.75. The van der Waals surface area contributed by atoms with Crippen LogP contribution in [0.25, 0.3) is 0 Å². The molecule has 0 unspecified atom stereocenters. The van der Waals surface area contributed by atoms with Gasteiger partial charge in [0, 0.05) is 13.5 Å². The second-order valence-electron chi connectivity index (χ2n) is 3.86. The van der Waals surface area contributed by atoms with Crippen LogP contribution in [0.2, 0.25) is 0 Å². The molecule has 0 heterocycles. The second kappa shape index (κ2) is 4.34. The summed E-state index contributed by atoms with van der Waals surface area (Å²) in [6.45, 7) is 6.37. The third-order valence-electron chi connectivity index (χ3n) is 1.37. The largest absolute Gasteiger partial charge is 0.292 e. The highest BCUT2D eigenvalue weighted by Crippen LogP contribution is 2.19. The molecular weight excluding hydrogens is 140 g/mol. The molecule has 0 saturated heterocycles. The molecule has 0 aliphatic heterocycles. The van der Waals surface area contributed by atoms with Crippen LogP contribution in [0.3, 0.4) is 0 Å². The minimum absolute atomic E-state index is 0.0578. The number of amides is 1. The Morgan fingerprint density at radius 1 is 1.36 bits per heavy atom. The number of rotatable bonds is 3. The fourth-order valence-electron chi connectivity index (χ4n) is 0.690. The van der Waals surface area contributed by atoms with E-state index in [1.54, 1.807) is 7.05 Å². The van der Waals surface area contributed by atoms with Gasteiger partial charge in [0.25, 0.3) is 0 Å². The summed E-state index contributed by atoms with van der Waals surface area (Å²) in [6.07, 6.45) is 1.50. The molecule has 0 aliphatic rings. The van der Waals surface area contributed by atoms with Gasteiger partial charge < -0.3 is 0 Å². The summed E-state index contributed by atoms with van der Waals surface area (Å²) in [6, 6.07) is 0. The highest BCUT2D eigenvalue weighted by Gasteiger charge is 2.11. The van der Waals surface area contributed by atoms with Crippen molar-refractivity contribution in [3.05, 3.63) is 0 Å². The van der Waals surface area contributed by atoms with E-state index in [1.165, 1.54) is 0 Å². The fraction of sp³-hybridized carbons (Fsp3) is 0.875. The van der Waals surface area contributed by atoms with Crippen LogP contribution in [0.4, 0.5) is 0 Å². The Balaban J connectivity index is 3.46. The van der Waals surface area contributed by atoms with Gasteiger partial charge in [0.05, 0.1) is 0 Å². The molecule has 0 aromatic rings. The van der Waals surface area contributed by atoms with Crippen LogP contribution >= 0.6 is 0 Å². The summed E-state index contributed by atoms with van der Waals surface area (Å²) < 4.78 is 0. The third kappa shape index (κ3) is 7.33. The molecule has 1 amide bonds. The number of hydrogen-bond donors (Lipinski definition) is 2. The van der Waals surface area contributed by atoms with Crippen molar-refractivity contribution < 1.29 is 4.79 Å². The predicted molar refractivity (Wildman–Crippen MR) is 45.9 cm³/mol. The quantitative estimate of drug-likeness (QED) is 0.603. The number of hydrazine groups is 1. The lowest BCUT2D eigenvalue weighted by molar-refractivity contribution is -0.122. The Morgan fingerprint density at radius 2 is 1.91 bits per heavy atom. The zero-order valence-corrected chi connectivity index (χ0v) is 7.82. The molecule has 0 radical (unpaired) electrons. The number of carbonyl (C=O) groups excluding carboxylic acids is 1. The van der Waals surface area contributed by atoms with Crippen molar-refractivity contribution in [1.82, 2.24) is 10.9 Å². The van der Waals surface area contributed by atoms with Gasteiger partial charge in [-0.05, 0) is 11.8 Å². The molecule has 0 atom stereocenters. The van der Waals surface area contributed by atoms with Crippen molar-refractivity contribution >= 4 is 5.91 Å². The topological polar surface area (TPSA) is 41.1 Å². The maximum Gasteiger partial charge on any atom is 0.234 e. The van der Waals surface area contributed by atoms with Crippen molar-refractivity contribution in [3.63, 3.8) is 0 Å². The molecule has 0 aromatic heterocycles. The number of nitrogens with one attached hydrogen (secondary N) is 2. The Labute approximate surface area is 68.5 Å². The van der Waals surface area contributed by atoms with Gasteiger partial charge in [-0.2, -0.15) is 0 Å². The molecule has 0 aliphatic carbocycles. The van der Waals surface area contributed by atoms with E-state index in [4.69, 9.17) is 0 Å². The van der Waals surface area contributed by atoms with E-state index in [0.717, 1.165) is 6.42 Å². The van der Waals surface area contributed by atoms with Gasteiger partial charge in [-0.25, -0.2) is 5.43 Å². The Hall–Kier alpha value is -0.570. The molecule has 3 heteroatoms. The first kappa shape index (κ1) is 10.4. The lowest BCUT2D eigenvalue weighted by atomic mass is 9.90. The average molecular weight is 158 g/mol. The van der Waals surface area contributed by atoms with Gasteiger partial charge in [-0.15, -0.1) is 0 Å². The van der Waals surface area contributed by atoms with Crippen LogP contribution in [0, 0.1) is 5.41 Å². The molecule has 0 fully saturated rings. The van der Waals surface area contributed by atoms with E-state index < -0.39 is 0 Å². The third-order valence-corrected chi connectivity index (χ3v) is 1.37. The van der Waals surface area contributed by atoms with E-state index >= 15 is 0 Å². The lowest BCUT2D eigenvalue weighted by Gasteiger charge is -2.16. The predicted octanol–water partition coefficient (Wildman–Crippen LogP) is 1.06. The summed E-state index contributed by atoms with van der Waals surface area (Å²) in [5, 5.41) is 0. The first-order chi connectivity index (χ1) is 4.95. The van der Waals surface area contributed by atoms with Crippen molar-refractivity contribution in [1.29, 1.82) is 0 Å². The summed E-state index contributed by atoms with van der Waals surface area (Å²) in [5.74, 6) is 0.0578. The van der Waals surface area contributed by atoms with Crippen LogP contribution in [0.1, 0.15) is 33.6 Å². The Morgan fingerprint density at radius 3 is 2.27 bits per heavy atom. The van der Waals surface area contributed by atoms with Crippen molar-refractivity contribution in [2.45, 2.75) is 33.6 Å². The zero-order valence-electron chi connectivity index (χ0n) is 7.82. The molecular formula is C8H18N2O. The van der Waals surface area contributed by atoms with Gasteiger partial charge >= 0.3 is 0 Å². The number of hydrogen-bond acceptors (Lipinski definition) is 2. The zero-order chi connectivity index (χ0) is 8.91. The minimum Gasteiger partial charge on any atom is -0.292 e. The average Bonchev–Trinajstić information content (AvgIpc) is 1.83. The lowest BCUT2D eigenvalue weighted by Crippen LogP contribution is -2.34. The molecule has 0 spiro atoms. The SMILES string of the molecule is CNNC(=O)CCC(C)(C)C. The molecule has 0 bridgehead atoms. The van der Waals surface area contributed by atoms with E-state index in [1.807, 2.05) is 0 Å². The van der Waals surface area contributed by atoms with E-state index in [9.17, 15) is 4.79 Å². The smallest absolute Gasteiger partial charge is 0.234 e. The molecule has 11 heavy (non-hydrogen) atoms. The van der Waals surface area contributed by atoms with Crippen molar-refractivity contribution in [2.75, 3.05) is 7.05 Å². The van der Waals surface area contributed by atoms with Crippen LogP contribution in [0.15, 0.2) is 0 Å². The molecule has 2 N–H and O–H groups in total. The second-order valence-corrected chi connectivity index (χ2v) is 3.86. The maximum atomic E-state index is 10.9. The molecule has 0 saturated carbocycles. The Kier molecular flexibility index (Phi) is 4.11. The fourth-order valence-corrected chi connectivity index (χ4v) is 0.690. The van der Waals surface area contributed by atoms with Crippen LogP contribution in [-0.4, -0.2) is 13.0 Å². The van der Waals surface area contributed by atoms with E-state index in [0.29, 0.717) is 6.42 Å². The van der Waals surface area contributed by atoms with Gasteiger partial charge in [-0.3, -0.25) is 10.2 Å². The first-order valence-corrected chi connectivity index (χ1v) is 3.91. The monoisotopic (exact) mass is 158 g/mol.